The summed E-state index contributed by atoms with van der Waals surface area (Å²) < 4.78 is 0. The van der Waals surface area contributed by atoms with Crippen molar-refractivity contribution in [2.24, 2.45) is 0 Å². The first kappa shape index (κ1) is 12.8. The fraction of sp³-hybridized carbons (Fsp3) is 0.500. The van der Waals surface area contributed by atoms with Crippen molar-refractivity contribution in [1.82, 2.24) is 20.3 Å². The summed E-state index contributed by atoms with van der Waals surface area (Å²) in [6.45, 7) is 2.13. The van der Waals surface area contributed by atoms with Gasteiger partial charge < -0.3 is 15.6 Å². The zero-order valence-corrected chi connectivity index (χ0v) is 12.2. The monoisotopic (exact) mass is 283 g/mol. The van der Waals surface area contributed by atoms with Crippen molar-refractivity contribution in [2.45, 2.75) is 38.1 Å². The summed E-state index contributed by atoms with van der Waals surface area (Å²) >= 11 is 0. The first-order chi connectivity index (χ1) is 10.4. The molecular weight excluding hydrogens is 262 g/mol. The Bertz CT molecular complexity index is 666. The molecule has 0 radical (unpaired) electrons. The Balaban J connectivity index is 1.71. The number of piperidine rings is 1. The standard InChI is InChI=1S/C16H21N5/c1-2-5-11(4-1)13-9-18-15-14(13)16(20-10-19-15)21-12-6-3-7-17-8-12/h4,9-10,12,17H,1-3,5-8H2,(H2,18,19,20,21). The van der Waals surface area contributed by atoms with Crippen LogP contribution in [0.4, 0.5) is 5.82 Å². The molecule has 5 nitrogen and oxygen atoms in total. The second-order valence-corrected chi connectivity index (χ2v) is 5.96. The highest BCUT2D eigenvalue weighted by Crippen LogP contribution is 2.35. The van der Waals surface area contributed by atoms with Gasteiger partial charge in [-0.3, -0.25) is 0 Å². The van der Waals surface area contributed by atoms with E-state index in [1.807, 2.05) is 0 Å². The van der Waals surface area contributed by atoms with Crippen molar-refractivity contribution in [2.75, 3.05) is 18.4 Å². The van der Waals surface area contributed by atoms with Crippen LogP contribution in [-0.2, 0) is 0 Å². The molecule has 4 rings (SSSR count). The lowest BCUT2D eigenvalue weighted by atomic mass is 10.0. The van der Waals surface area contributed by atoms with E-state index in [0.717, 1.165) is 36.4 Å². The van der Waals surface area contributed by atoms with Crippen LogP contribution in [0.3, 0.4) is 0 Å². The van der Waals surface area contributed by atoms with Gasteiger partial charge in [0.1, 0.15) is 17.8 Å². The van der Waals surface area contributed by atoms with E-state index in [1.165, 1.54) is 36.8 Å². The number of rotatable bonds is 3. The van der Waals surface area contributed by atoms with Crippen LogP contribution in [0.15, 0.2) is 18.6 Å². The molecule has 1 fully saturated rings. The number of allylic oxidation sites excluding steroid dienone is 2. The molecule has 0 spiro atoms. The number of hydrogen-bond acceptors (Lipinski definition) is 4. The van der Waals surface area contributed by atoms with Crippen molar-refractivity contribution in [3.63, 3.8) is 0 Å². The fourth-order valence-electron chi connectivity index (χ4n) is 3.41. The smallest absolute Gasteiger partial charge is 0.143 e. The minimum atomic E-state index is 0.456. The molecule has 5 heteroatoms. The topological polar surface area (TPSA) is 65.6 Å². The van der Waals surface area contributed by atoms with Crippen molar-refractivity contribution in [1.29, 1.82) is 0 Å². The highest BCUT2D eigenvalue weighted by atomic mass is 15.1. The third-order valence-corrected chi connectivity index (χ3v) is 4.49. The molecular formula is C16H21N5. The molecule has 0 amide bonds. The number of nitrogens with one attached hydrogen (secondary N) is 3. The van der Waals surface area contributed by atoms with E-state index in [4.69, 9.17) is 0 Å². The zero-order valence-electron chi connectivity index (χ0n) is 12.2. The Labute approximate surface area is 124 Å². The Hall–Kier alpha value is -1.88. The first-order valence-electron chi connectivity index (χ1n) is 7.90. The molecule has 0 saturated carbocycles. The molecule has 3 N–H and O–H groups in total. The zero-order chi connectivity index (χ0) is 14.1. The van der Waals surface area contributed by atoms with E-state index in [2.05, 4.69) is 37.9 Å². The minimum absolute atomic E-state index is 0.456. The Morgan fingerprint density at radius 3 is 3.05 bits per heavy atom. The van der Waals surface area contributed by atoms with Crippen LogP contribution in [0.1, 0.15) is 37.7 Å². The van der Waals surface area contributed by atoms with Crippen LogP contribution >= 0.6 is 0 Å². The maximum absolute atomic E-state index is 4.51. The highest BCUT2D eigenvalue weighted by molar-refractivity contribution is 5.98. The van der Waals surface area contributed by atoms with Gasteiger partial charge in [-0.05, 0) is 44.2 Å². The SMILES string of the molecule is C1=C(c2c[nH]c3ncnc(NC4CCCNC4)c23)CCC1. The van der Waals surface area contributed by atoms with Gasteiger partial charge in [0.2, 0.25) is 0 Å². The molecule has 1 atom stereocenters. The summed E-state index contributed by atoms with van der Waals surface area (Å²) in [6, 6.07) is 0.456. The molecule has 1 unspecified atom stereocenters. The number of aromatic nitrogens is 3. The summed E-state index contributed by atoms with van der Waals surface area (Å²) in [4.78, 5) is 12.2. The molecule has 2 aromatic rings. The number of anilines is 1. The van der Waals surface area contributed by atoms with E-state index in [0.29, 0.717) is 6.04 Å². The first-order valence-corrected chi connectivity index (χ1v) is 7.90. The second-order valence-electron chi connectivity index (χ2n) is 5.96. The molecule has 2 aromatic heterocycles. The van der Waals surface area contributed by atoms with E-state index >= 15 is 0 Å². The molecule has 0 aromatic carbocycles. The number of hydrogen-bond donors (Lipinski definition) is 3. The predicted octanol–water partition coefficient (Wildman–Crippen LogP) is 2.69. The minimum Gasteiger partial charge on any atom is -0.365 e. The lowest BCUT2D eigenvalue weighted by molar-refractivity contribution is 0.479. The maximum Gasteiger partial charge on any atom is 0.143 e. The third kappa shape index (κ3) is 2.42. The van der Waals surface area contributed by atoms with Gasteiger partial charge in [0.15, 0.2) is 0 Å². The van der Waals surface area contributed by atoms with Gasteiger partial charge in [-0.2, -0.15) is 0 Å². The van der Waals surface area contributed by atoms with Gasteiger partial charge in [-0.25, -0.2) is 9.97 Å². The normalized spacial score (nSPS) is 22.5. The molecule has 2 aliphatic rings. The highest BCUT2D eigenvalue weighted by Gasteiger charge is 2.19. The van der Waals surface area contributed by atoms with E-state index in [9.17, 15) is 0 Å². The van der Waals surface area contributed by atoms with E-state index in [1.54, 1.807) is 6.33 Å². The van der Waals surface area contributed by atoms with Crippen molar-refractivity contribution in [3.05, 3.63) is 24.2 Å². The van der Waals surface area contributed by atoms with Crippen molar-refractivity contribution >= 4 is 22.4 Å². The van der Waals surface area contributed by atoms with Crippen LogP contribution < -0.4 is 10.6 Å². The molecule has 21 heavy (non-hydrogen) atoms. The molecule has 1 aliphatic carbocycles. The van der Waals surface area contributed by atoms with Gasteiger partial charge in [0.05, 0.1) is 5.39 Å². The molecule has 1 saturated heterocycles. The van der Waals surface area contributed by atoms with Crippen molar-refractivity contribution in [3.8, 4) is 0 Å². The second kappa shape index (κ2) is 5.48. The predicted molar refractivity (Wildman–Crippen MR) is 85.2 cm³/mol. The molecule has 1 aliphatic heterocycles. The van der Waals surface area contributed by atoms with E-state index < -0.39 is 0 Å². The Morgan fingerprint density at radius 1 is 1.24 bits per heavy atom. The third-order valence-electron chi connectivity index (χ3n) is 4.49. The summed E-state index contributed by atoms with van der Waals surface area (Å²) in [7, 11) is 0. The lowest BCUT2D eigenvalue weighted by Crippen LogP contribution is -2.38. The van der Waals surface area contributed by atoms with Gasteiger partial charge >= 0.3 is 0 Å². The lowest BCUT2D eigenvalue weighted by Gasteiger charge is -2.24. The van der Waals surface area contributed by atoms with Gasteiger partial charge in [0.25, 0.3) is 0 Å². The van der Waals surface area contributed by atoms with Crippen molar-refractivity contribution < 1.29 is 0 Å². The Morgan fingerprint density at radius 2 is 2.24 bits per heavy atom. The van der Waals surface area contributed by atoms with Gasteiger partial charge in [-0.1, -0.05) is 6.08 Å². The van der Waals surface area contributed by atoms with Crippen LogP contribution in [0.2, 0.25) is 0 Å². The van der Waals surface area contributed by atoms with E-state index in [-0.39, 0.29) is 0 Å². The molecule has 3 heterocycles. The summed E-state index contributed by atoms with van der Waals surface area (Å²) in [5.41, 5.74) is 3.63. The Kier molecular flexibility index (Phi) is 3.35. The summed E-state index contributed by atoms with van der Waals surface area (Å²) in [5.74, 6) is 0.970. The number of H-pyrrole nitrogens is 1. The summed E-state index contributed by atoms with van der Waals surface area (Å²) in [6.07, 6.45) is 12.1. The molecule has 0 bridgehead atoms. The fourth-order valence-corrected chi connectivity index (χ4v) is 3.41. The van der Waals surface area contributed by atoms with Gasteiger partial charge in [-0.15, -0.1) is 0 Å². The summed E-state index contributed by atoms with van der Waals surface area (Å²) in [5, 5.41) is 8.20. The van der Waals surface area contributed by atoms with Gasteiger partial charge in [0, 0.05) is 24.3 Å². The average molecular weight is 283 g/mol. The number of aromatic amines is 1. The number of fused-ring (bicyclic) bond motifs is 1. The van der Waals surface area contributed by atoms with Crippen LogP contribution in [0.5, 0.6) is 0 Å². The molecule has 110 valence electrons. The quantitative estimate of drug-likeness (QED) is 0.810. The van der Waals surface area contributed by atoms with Crippen LogP contribution in [0, 0.1) is 0 Å². The largest absolute Gasteiger partial charge is 0.365 e. The van der Waals surface area contributed by atoms with Crippen LogP contribution in [-0.4, -0.2) is 34.1 Å². The van der Waals surface area contributed by atoms with Crippen LogP contribution in [0.25, 0.3) is 16.6 Å². The number of nitrogens with zero attached hydrogens (tertiary/aromatic N) is 2. The average Bonchev–Trinajstić information content (AvgIpc) is 3.17. The maximum atomic E-state index is 4.51.